The second-order valence-electron chi connectivity index (χ2n) is 15.2. The van der Waals surface area contributed by atoms with E-state index in [2.05, 4.69) is 48.1 Å². The second kappa shape index (κ2) is 8.44. The van der Waals surface area contributed by atoms with Crippen molar-refractivity contribution < 1.29 is 14.3 Å². The maximum atomic E-state index is 12.9. The average Bonchev–Trinajstić information content (AvgIpc) is 3.40. The first-order valence-corrected chi connectivity index (χ1v) is 15.1. The molecular weight excluding hydrogens is 444 g/mol. The zero-order valence-corrected chi connectivity index (χ0v) is 24.3. The SMILES string of the molecule is C=C(CCC(C)C1CCC2(C)C3CCC4C(C)(C)C(=O)CCC45CC35CCC12C)C(C)COC(C)=O. The number of Topliss-reactive ketones (excluding diaryl/α,β-unsaturated/α-hetero) is 1. The van der Waals surface area contributed by atoms with E-state index in [9.17, 15) is 9.59 Å². The van der Waals surface area contributed by atoms with Crippen molar-refractivity contribution in [1.82, 2.24) is 0 Å². The van der Waals surface area contributed by atoms with Gasteiger partial charge < -0.3 is 4.74 Å². The molecule has 5 rings (SSSR count). The van der Waals surface area contributed by atoms with E-state index in [-0.39, 0.29) is 17.3 Å². The van der Waals surface area contributed by atoms with Crippen molar-refractivity contribution in [1.29, 1.82) is 0 Å². The van der Waals surface area contributed by atoms with Crippen molar-refractivity contribution in [3.8, 4) is 0 Å². The van der Waals surface area contributed by atoms with Crippen molar-refractivity contribution in [2.24, 2.45) is 56.7 Å². The molecule has 0 saturated heterocycles. The van der Waals surface area contributed by atoms with Gasteiger partial charge in [0.15, 0.2) is 0 Å². The Hall–Kier alpha value is -1.12. The fourth-order valence-electron chi connectivity index (χ4n) is 11.3. The first-order chi connectivity index (χ1) is 16.8. The third-order valence-electron chi connectivity index (χ3n) is 13.8. The number of carbonyl (C=O) groups is 2. The number of ether oxygens (including phenoxy) is 1. The summed E-state index contributed by atoms with van der Waals surface area (Å²) in [7, 11) is 0. The average molecular weight is 497 g/mol. The quantitative estimate of drug-likeness (QED) is 0.264. The van der Waals surface area contributed by atoms with Crippen molar-refractivity contribution in [3.63, 3.8) is 0 Å². The molecule has 5 fully saturated rings. The maximum Gasteiger partial charge on any atom is 0.302 e. The van der Waals surface area contributed by atoms with Gasteiger partial charge in [-0.25, -0.2) is 0 Å². The predicted octanol–water partition coefficient (Wildman–Crippen LogP) is 8.17. The van der Waals surface area contributed by atoms with Crippen LogP contribution in [0.25, 0.3) is 0 Å². The van der Waals surface area contributed by atoms with Crippen LogP contribution in [-0.4, -0.2) is 18.4 Å². The minimum Gasteiger partial charge on any atom is -0.465 e. The predicted molar refractivity (Wildman–Crippen MR) is 145 cm³/mol. The largest absolute Gasteiger partial charge is 0.465 e. The minimum absolute atomic E-state index is 0.115. The number of rotatable bonds is 7. The van der Waals surface area contributed by atoms with Gasteiger partial charge in [-0.1, -0.05) is 53.7 Å². The third kappa shape index (κ3) is 3.42. The van der Waals surface area contributed by atoms with Crippen LogP contribution in [-0.2, 0) is 14.3 Å². The molecule has 0 aliphatic heterocycles. The molecule has 0 aromatic rings. The Bertz CT molecular complexity index is 949. The summed E-state index contributed by atoms with van der Waals surface area (Å²) in [6.07, 6.45) is 13.8. The van der Waals surface area contributed by atoms with Crippen LogP contribution in [0.15, 0.2) is 12.2 Å². The lowest BCUT2D eigenvalue weighted by atomic mass is 9.42. The van der Waals surface area contributed by atoms with E-state index in [0.717, 1.165) is 24.7 Å². The summed E-state index contributed by atoms with van der Waals surface area (Å²) in [5, 5.41) is 0. The molecule has 36 heavy (non-hydrogen) atoms. The zero-order valence-electron chi connectivity index (χ0n) is 24.3. The molecule has 5 aliphatic rings. The highest BCUT2D eigenvalue weighted by Gasteiger charge is 2.82. The van der Waals surface area contributed by atoms with Crippen molar-refractivity contribution in [2.75, 3.05) is 6.61 Å². The number of hydrogen-bond donors (Lipinski definition) is 0. The molecule has 0 N–H and O–H groups in total. The zero-order chi connectivity index (χ0) is 26.3. The van der Waals surface area contributed by atoms with Crippen LogP contribution in [0.4, 0.5) is 0 Å². The summed E-state index contributed by atoms with van der Waals surface area (Å²) in [6, 6.07) is 0. The van der Waals surface area contributed by atoms with E-state index in [4.69, 9.17) is 4.74 Å². The molecule has 202 valence electrons. The molecular formula is C33H52O3. The Balaban J connectivity index is 1.29. The summed E-state index contributed by atoms with van der Waals surface area (Å²) in [5.41, 5.74) is 2.96. The Morgan fingerprint density at radius 3 is 2.33 bits per heavy atom. The summed E-state index contributed by atoms with van der Waals surface area (Å²) in [6.45, 7) is 20.8. The van der Waals surface area contributed by atoms with Crippen molar-refractivity contribution >= 4 is 11.8 Å². The van der Waals surface area contributed by atoms with Crippen molar-refractivity contribution in [3.05, 3.63) is 12.2 Å². The molecule has 5 aliphatic carbocycles. The number of fused-ring (bicyclic) bond motifs is 2. The lowest BCUT2D eigenvalue weighted by Crippen LogP contribution is -2.57. The van der Waals surface area contributed by atoms with Crippen LogP contribution < -0.4 is 0 Å². The van der Waals surface area contributed by atoms with Gasteiger partial charge in [0, 0.05) is 24.7 Å². The number of ketones is 1. The smallest absolute Gasteiger partial charge is 0.302 e. The minimum atomic E-state index is -0.203. The molecule has 0 radical (unpaired) electrons. The molecule has 0 bridgehead atoms. The highest BCUT2D eigenvalue weighted by molar-refractivity contribution is 5.86. The Kier molecular flexibility index (Phi) is 6.21. The van der Waals surface area contributed by atoms with E-state index in [1.165, 1.54) is 70.3 Å². The number of esters is 1. The van der Waals surface area contributed by atoms with E-state index in [0.29, 0.717) is 45.9 Å². The first-order valence-electron chi connectivity index (χ1n) is 15.1. The fraction of sp³-hybridized carbons (Fsp3) is 0.879. The second-order valence-corrected chi connectivity index (χ2v) is 15.2. The molecule has 0 amide bonds. The highest BCUT2D eigenvalue weighted by Crippen LogP contribution is 2.88. The summed E-state index contributed by atoms with van der Waals surface area (Å²) < 4.78 is 5.23. The van der Waals surface area contributed by atoms with Crippen LogP contribution in [0.3, 0.4) is 0 Å². The van der Waals surface area contributed by atoms with Gasteiger partial charge in [-0.05, 0) is 110 Å². The molecule has 0 aromatic carbocycles. The molecule has 3 nitrogen and oxygen atoms in total. The maximum absolute atomic E-state index is 12.9. The summed E-state index contributed by atoms with van der Waals surface area (Å²) in [4.78, 5) is 24.1. The summed E-state index contributed by atoms with van der Waals surface area (Å²) in [5.74, 6) is 3.50. The van der Waals surface area contributed by atoms with Gasteiger partial charge in [-0.2, -0.15) is 0 Å². The van der Waals surface area contributed by atoms with Gasteiger partial charge >= 0.3 is 5.97 Å². The molecule has 9 unspecified atom stereocenters. The van der Waals surface area contributed by atoms with Gasteiger partial charge in [-0.3, -0.25) is 9.59 Å². The molecule has 5 saturated carbocycles. The van der Waals surface area contributed by atoms with Gasteiger partial charge in [0.1, 0.15) is 5.78 Å². The number of hydrogen-bond acceptors (Lipinski definition) is 3. The summed E-state index contributed by atoms with van der Waals surface area (Å²) >= 11 is 0. The van der Waals surface area contributed by atoms with Crippen LogP contribution in [0.2, 0.25) is 0 Å². The molecule has 0 heterocycles. The van der Waals surface area contributed by atoms with E-state index < -0.39 is 0 Å². The normalized spacial score (nSPS) is 46.0. The van der Waals surface area contributed by atoms with Crippen molar-refractivity contribution in [2.45, 2.75) is 119 Å². The van der Waals surface area contributed by atoms with Gasteiger partial charge in [-0.15, -0.1) is 0 Å². The van der Waals surface area contributed by atoms with Crippen LogP contribution in [0, 0.1) is 56.7 Å². The lowest BCUT2D eigenvalue weighted by Gasteiger charge is -2.62. The van der Waals surface area contributed by atoms with Crippen LogP contribution >= 0.6 is 0 Å². The number of carbonyl (C=O) groups excluding carboxylic acids is 2. The van der Waals surface area contributed by atoms with E-state index >= 15 is 0 Å². The third-order valence-corrected chi connectivity index (χ3v) is 13.8. The standard InChI is InChI=1S/C33H52O3/c1-21(23(3)19-36-24(4)34)9-10-22(2)25-13-15-31(8)27-12-11-26-29(5,6)28(35)14-16-32(26)20-33(27,32)18-17-30(25,31)7/h22-23,25-27H,1,9-20H2,2-8H3. The van der Waals surface area contributed by atoms with Crippen LogP contribution in [0.1, 0.15) is 119 Å². The fourth-order valence-corrected chi connectivity index (χ4v) is 11.3. The van der Waals surface area contributed by atoms with Gasteiger partial charge in [0.25, 0.3) is 0 Å². The Morgan fingerprint density at radius 2 is 1.64 bits per heavy atom. The van der Waals surface area contributed by atoms with Gasteiger partial charge in [0.2, 0.25) is 0 Å². The first kappa shape index (κ1) is 26.5. The molecule has 9 atom stereocenters. The molecule has 3 heteroatoms. The van der Waals surface area contributed by atoms with Crippen LogP contribution in [0.5, 0.6) is 0 Å². The Labute approximate surface area is 220 Å². The molecule has 2 spiro atoms. The monoisotopic (exact) mass is 496 g/mol. The van der Waals surface area contributed by atoms with E-state index in [1.54, 1.807) is 0 Å². The topological polar surface area (TPSA) is 43.4 Å². The lowest BCUT2D eigenvalue weighted by molar-refractivity contribution is -0.157. The molecule has 0 aromatic heterocycles. The van der Waals surface area contributed by atoms with Gasteiger partial charge in [0.05, 0.1) is 6.61 Å². The Morgan fingerprint density at radius 1 is 0.972 bits per heavy atom. The van der Waals surface area contributed by atoms with E-state index in [1.807, 2.05) is 0 Å². The highest BCUT2D eigenvalue weighted by atomic mass is 16.5.